The summed E-state index contributed by atoms with van der Waals surface area (Å²) in [5.41, 5.74) is 0.770. The Morgan fingerprint density at radius 2 is 1.67 bits per heavy atom. The summed E-state index contributed by atoms with van der Waals surface area (Å²) < 4.78 is 8.71. The SMILES string of the molecule is C=C(C)C(=O)OC.C=C(CCCCCC(C)C)C(=O)O.C=CC(=O)OCC. The summed E-state index contributed by atoms with van der Waals surface area (Å²) in [5.74, 6) is -0.811. The average molecular weight is 385 g/mol. The van der Waals surface area contributed by atoms with Crippen LogP contribution in [-0.2, 0) is 23.9 Å². The molecule has 0 amide bonds. The van der Waals surface area contributed by atoms with E-state index in [9.17, 15) is 14.4 Å². The zero-order valence-corrected chi connectivity index (χ0v) is 17.5. The molecule has 0 rings (SSSR count). The first-order valence-corrected chi connectivity index (χ1v) is 8.97. The summed E-state index contributed by atoms with van der Waals surface area (Å²) in [6.07, 6.45) is 6.28. The van der Waals surface area contributed by atoms with Crippen LogP contribution in [0, 0.1) is 5.92 Å². The lowest BCUT2D eigenvalue weighted by Gasteiger charge is -2.03. The average Bonchev–Trinajstić information content (AvgIpc) is 2.61. The third-order valence-corrected chi connectivity index (χ3v) is 3.05. The molecule has 0 aromatic heterocycles. The molecular weight excluding hydrogens is 348 g/mol. The van der Waals surface area contributed by atoms with Crippen molar-refractivity contribution in [1.82, 2.24) is 0 Å². The number of methoxy groups -OCH3 is 1. The molecular formula is C21H36O6. The minimum atomic E-state index is -0.858. The largest absolute Gasteiger partial charge is 0.478 e. The molecule has 0 aliphatic heterocycles. The van der Waals surface area contributed by atoms with Crippen LogP contribution >= 0.6 is 0 Å². The molecule has 0 aliphatic rings. The van der Waals surface area contributed by atoms with E-state index < -0.39 is 5.97 Å². The Balaban J connectivity index is -0.000000350. The number of carboxylic acid groups (broad SMARTS) is 1. The van der Waals surface area contributed by atoms with Crippen molar-refractivity contribution in [3.05, 3.63) is 37.0 Å². The van der Waals surface area contributed by atoms with E-state index in [-0.39, 0.29) is 11.9 Å². The number of carbonyl (C=O) groups excluding carboxylic acids is 2. The summed E-state index contributed by atoms with van der Waals surface area (Å²) in [7, 11) is 1.33. The van der Waals surface area contributed by atoms with Gasteiger partial charge in [-0.3, -0.25) is 0 Å². The van der Waals surface area contributed by atoms with Crippen LogP contribution in [0.25, 0.3) is 0 Å². The highest BCUT2D eigenvalue weighted by atomic mass is 16.5. The van der Waals surface area contributed by atoms with E-state index in [1.807, 2.05) is 0 Å². The number of hydrogen-bond donors (Lipinski definition) is 1. The number of carboxylic acids is 1. The molecule has 27 heavy (non-hydrogen) atoms. The molecule has 0 heterocycles. The summed E-state index contributed by atoms with van der Waals surface area (Å²) in [5, 5.41) is 8.53. The van der Waals surface area contributed by atoms with Crippen LogP contribution in [0.5, 0.6) is 0 Å². The van der Waals surface area contributed by atoms with Gasteiger partial charge in [-0.05, 0) is 32.6 Å². The molecule has 0 radical (unpaired) electrons. The van der Waals surface area contributed by atoms with Gasteiger partial charge in [0.05, 0.1) is 13.7 Å². The number of unbranched alkanes of at least 4 members (excludes halogenated alkanes) is 2. The van der Waals surface area contributed by atoms with E-state index in [0.717, 1.165) is 24.8 Å². The number of hydrogen-bond acceptors (Lipinski definition) is 5. The fourth-order valence-corrected chi connectivity index (χ4v) is 1.55. The Morgan fingerprint density at radius 3 is 1.93 bits per heavy atom. The highest BCUT2D eigenvalue weighted by Gasteiger charge is 2.02. The van der Waals surface area contributed by atoms with Crippen LogP contribution < -0.4 is 0 Å². The van der Waals surface area contributed by atoms with Gasteiger partial charge >= 0.3 is 17.9 Å². The predicted octanol–water partition coefficient (Wildman–Crippen LogP) is 4.70. The van der Waals surface area contributed by atoms with Crippen molar-refractivity contribution in [3.63, 3.8) is 0 Å². The highest BCUT2D eigenvalue weighted by molar-refractivity contribution is 5.86. The molecule has 156 valence electrons. The monoisotopic (exact) mass is 384 g/mol. The van der Waals surface area contributed by atoms with Crippen molar-refractivity contribution >= 4 is 17.9 Å². The fourth-order valence-electron chi connectivity index (χ4n) is 1.55. The number of ether oxygens (including phenoxy) is 2. The quantitative estimate of drug-likeness (QED) is 0.333. The lowest BCUT2D eigenvalue weighted by Crippen LogP contribution is -1.98. The molecule has 0 aromatic rings. The smallest absolute Gasteiger partial charge is 0.332 e. The Morgan fingerprint density at radius 1 is 1.11 bits per heavy atom. The summed E-state index contributed by atoms with van der Waals surface area (Å²) in [6.45, 7) is 18.2. The van der Waals surface area contributed by atoms with Crippen LogP contribution in [0.3, 0.4) is 0 Å². The maximum Gasteiger partial charge on any atom is 0.332 e. The summed E-state index contributed by atoms with van der Waals surface area (Å²) >= 11 is 0. The topological polar surface area (TPSA) is 89.9 Å². The minimum Gasteiger partial charge on any atom is -0.478 e. The Hall–Kier alpha value is -2.37. The first-order chi connectivity index (χ1) is 12.5. The molecule has 0 aromatic carbocycles. The third kappa shape index (κ3) is 26.0. The van der Waals surface area contributed by atoms with Crippen LogP contribution in [0.4, 0.5) is 0 Å². The molecule has 6 heteroatoms. The zero-order valence-electron chi connectivity index (χ0n) is 17.5. The second kappa shape index (κ2) is 19.9. The maximum atomic E-state index is 10.4. The van der Waals surface area contributed by atoms with Crippen molar-refractivity contribution in [2.45, 2.75) is 59.8 Å². The molecule has 0 spiro atoms. The molecule has 0 bridgehead atoms. The summed E-state index contributed by atoms with van der Waals surface area (Å²) in [4.78, 5) is 30.6. The van der Waals surface area contributed by atoms with Gasteiger partial charge in [0.2, 0.25) is 0 Å². The van der Waals surface area contributed by atoms with E-state index in [1.165, 1.54) is 20.0 Å². The van der Waals surface area contributed by atoms with Gasteiger partial charge in [0.15, 0.2) is 0 Å². The number of aliphatic carboxylic acids is 1. The molecule has 0 unspecified atom stereocenters. The van der Waals surface area contributed by atoms with Crippen LogP contribution in [-0.4, -0.2) is 36.7 Å². The molecule has 0 aliphatic carbocycles. The van der Waals surface area contributed by atoms with Gasteiger partial charge in [-0.1, -0.05) is 52.8 Å². The van der Waals surface area contributed by atoms with E-state index in [0.29, 0.717) is 24.2 Å². The van der Waals surface area contributed by atoms with Gasteiger partial charge in [0, 0.05) is 17.2 Å². The molecule has 6 nitrogen and oxygen atoms in total. The van der Waals surface area contributed by atoms with Crippen LogP contribution in [0.2, 0.25) is 0 Å². The Bertz CT molecular complexity index is 475. The molecule has 0 fully saturated rings. The van der Waals surface area contributed by atoms with Gasteiger partial charge in [-0.15, -0.1) is 0 Å². The van der Waals surface area contributed by atoms with Crippen molar-refractivity contribution in [2.24, 2.45) is 5.92 Å². The lowest BCUT2D eigenvalue weighted by atomic mass is 10.0. The van der Waals surface area contributed by atoms with Crippen molar-refractivity contribution in [3.8, 4) is 0 Å². The Labute approximate surface area is 163 Å². The van der Waals surface area contributed by atoms with Gasteiger partial charge in [-0.2, -0.15) is 0 Å². The molecule has 0 atom stereocenters. The predicted molar refractivity (Wildman–Crippen MR) is 108 cm³/mol. The van der Waals surface area contributed by atoms with Crippen molar-refractivity contribution in [2.75, 3.05) is 13.7 Å². The Kier molecular flexibility index (Phi) is 21.7. The third-order valence-electron chi connectivity index (χ3n) is 3.05. The first kappa shape index (κ1) is 29.4. The van der Waals surface area contributed by atoms with Crippen LogP contribution in [0.1, 0.15) is 59.8 Å². The van der Waals surface area contributed by atoms with Crippen LogP contribution in [0.15, 0.2) is 37.0 Å². The van der Waals surface area contributed by atoms with Gasteiger partial charge < -0.3 is 14.6 Å². The number of rotatable bonds is 10. The highest BCUT2D eigenvalue weighted by Crippen LogP contribution is 2.12. The first-order valence-electron chi connectivity index (χ1n) is 8.97. The van der Waals surface area contributed by atoms with E-state index >= 15 is 0 Å². The normalized spacial score (nSPS) is 8.96. The lowest BCUT2D eigenvalue weighted by molar-refractivity contribution is -0.137. The second-order valence-corrected chi connectivity index (χ2v) is 6.13. The second-order valence-electron chi connectivity index (χ2n) is 6.13. The summed E-state index contributed by atoms with van der Waals surface area (Å²) in [6, 6.07) is 0. The minimum absolute atomic E-state index is 0.338. The maximum absolute atomic E-state index is 10.4. The van der Waals surface area contributed by atoms with E-state index in [2.05, 4.69) is 43.1 Å². The fraction of sp³-hybridized carbons (Fsp3) is 0.571. The number of carbonyl (C=O) groups is 3. The van der Waals surface area contributed by atoms with E-state index in [1.54, 1.807) is 13.8 Å². The number of esters is 2. The van der Waals surface area contributed by atoms with Gasteiger partial charge in [-0.25, -0.2) is 14.4 Å². The standard InChI is InChI=1S/C11H20O2.2C5H8O2/c1-9(2)7-5-4-6-8-10(3)11(12)13;1-4(2)5(6)7-3;1-3-5(6)7-4-2/h9H,3-8H2,1-2H3,(H,12,13);1H2,2-3H3;3H,1,4H2,2H3. The van der Waals surface area contributed by atoms with E-state index in [4.69, 9.17) is 5.11 Å². The molecule has 1 N–H and O–H groups in total. The van der Waals surface area contributed by atoms with Crippen molar-refractivity contribution in [1.29, 1.82) is 0 Å². The van der Waals surface area contributed by atoms with Crippen molar-refractivity contribution < 1.29 is 29.0 Å². The van der Waals surface area contributed by atoms with Gasteiger partial charge in [0.25, 0.3) is 0 Å². The van der Waals surface area contributed by atoms with Gasteiger partial charge in [0.1, 0.15) is 0 Å². The zero-order chi connectivity index (χ0) is 21.8. The molecule has 0 saturated carbocycles. The molecule has 0 saturated heterocycles.